The topological polar surface area (TPSA) is 54.9 Å². The van der Waals surface area contributed by atoms with Gasteiger partial charge in [0.15, 0.2) is 5.16 Å². The van der Waals surface area contributed by atoms with Crippen LogP contribution in [0.2, 0.25) is 0 Å². The maximum absolute atomic E-state index is 6.19. The SMILES string of the molecule is CCCSc1nc(N2CC[NH2+]CC2)c2c3c(sc2n1)CO[C@@](C)(CC)C3. The van der Waals surface area contributed by atoms with E-state index in [4.69, 9.17) is 14.7 Å². The molecule has 0 amide bonds. The molecule has 5 nitrogen and oxygen atoms in total. The second kappa shape index (κ2) is 7.62. The van der Waals surface area contributed by atoms with Crippen molar-refractivity contribution in [2.45, 2.75) is 57.4 Å². The maximum Gasteiger partial charge on any atom is 0.190 e. The van der Waals surface area contributed by atoms with Crippen molar-refractivity contribution in [3.63, 3.8) is 0 Å². The van der Waals surface area contributed by atoms with Crippen molar-refractivity contribution in [2.24, 2.45) is 0 Å². The van der Waals surface area contributed by atoms with E-state index in [9.17, 15) is 0 Å². The van der Waals surface area contributed by atoms with Gasteiger partial charge in [-0.3, -0.25) is 0 Å². The van der Waals surface area contributed by atoms with Crippen LogP contribution in [0.15, 0.2) is 5.16 Å². The molecule has 1 fully saturated rings. The lowest BCUT2D eigenvalue weighted by Crippen LogP contribution is -2.89. The van der Waals surface area contributed by atoms with E-state index in [1.54, 1.807) is 11.8 Å². The summed E-state index contributed by atoms with van der Waals surface area (Å²) in [4.78, 5) is 15.0. The van der Waals surface area contributed by atoms with Crippen molar-refractivity contribution < 1.29 is 10.1 Å². The molecule has 0 bridgehead atoms. The smallest absolute Gasteiger partial charge is 0.190 e. The predicted octanol–water partition coefficient (Wildman–Crippen LogP) is 2.82. The number of quaternary nitrogens is 1. The molecule has 26 heavy (non-hydrogen) atoms. The number of aromatic nitrogens is 2. The molecule has 2 N–H and O–H groups in total. The molecule has 1 saturated heterocycles. The van der Waals surface area contributed by atoms with Gasteiger partial charge in [0.05, 0.1) is 43.8 Å². The Bertz CT molecular complexity index is 787. The number of thioether (sulfide) groups is 1. The summed E-state index contributed by atoms with van der Waals surface area (Å²) in [6.07, 6.45) is 3.14. The monoisotopic (exact) mass is 393 g/mol. The molecule has 2 aromatic rings. The van der Waals surface area contributed by atoms with Crippen molar-refractivity contribution in [2.75, 3.05) is 36.8 Å². The highest BCUT2D eigenvalue weighted by atomic mass is 32.2. The van der Waals surface area contributed by atoms with Gasteiger partial charge in [-0.05, 0) is 25.3 Å². The second-order valence-electron chi connectivity index (χ2n) is 7.48. The van der Waals surface area contributed by atoms with Crippen LogP contribution in [-0.4, -0.2) is 47.5 Å². The van der Waals surface area contributed by atoms with E-state index in [0.717, 1.165) is 61.2 Å². The van der Waals surface area contributed by atoms with E-state index in [1.165, 1.54) is 21.6 Å². The van der Waals surface area contributed by atoms with Crippen LogP contribution in [-0.2, 0) is 17.8 Å². The van der Waals surface area contributed by atoms with Gasteiger partial charge in [0.25, 0.3) is 0 Å². The first-order valence-corrected chi connectivity index (χ1v) is 11.6. The zero-order valence-electron chi connectivity index (χ0n) is 16.0. The fourth-order valence-corrected chi connectivity index (χ4v) is 5.56. The molecule has 0 spiro atoms. The summed E-state index contributed by atoms with van der Waals surface area (Å²) >= 11 is 3.60. The minimum atomic E-state index is -0.0659. The highest BCUT2D eigenvalue weighted by Gasteiger charge is 2.34. The Kier molecular flexibility index (Phi) is 5.41. The van der Waals surface area contributed by atoms with Crippen LogP contribution in [0.3, 0.4) is 0 Å². The number of rotatable bonds is 5. The lowest BCUT2D eigenvalue weighted by atomic mass is 9.90. The number of fused-ring (bicyclic) bond motifs is 3. The number of anilines is 1. The number of nitrogens with zero attached hydrogens (tertiary/aromatic N) is 3. The van der Waals surface area contributed by atoms with Gasteiger partial charge in [0.2, 0.25) is 0 Å². The number of ether oxygens (including phenoxy) is 1. The molecule has 2 aliphatic rings. The van der Waals surface area contributed by atoms with Crippen LogP contribution >= 0.6 is 23.1 Å². The average molecular weight is 394 g/mol. The third-order valence-electron chi connectivity index (χ3n) is 5.49. The van der Waals surface area contributed by atoms with E-state index in [-0.39, 0.29) is 5.60 Å². The summed E-state index contributed by atoms with van der Waals surface area (Å²) in [7, 11) is 0. The summed E-state index contributed by atoms with van der Waals surface area (Å²) in [6.45, 7) is 11.8. The van der Waals surface area contributed by atoms with Crippen LogP contribution in [0.4, 0.5) is 5.82 Å². The third kappa shape index (κ3) is 3.46. The Morgan fingerprint density at radius 1 is 1.27 bits per heavy atom. The van der Waals surface area contributed by atoms with Gasteiger partial charge < -0.3 is 15.0 Å². The van der Waals surface area contributed by atoms with Crippen LogP contribution in [0.5, 0.6) is 0 Å². The van der Waals surface area contributed by atoms with Crippen molar-refractivity contribution >= 4 is 39.1 Å². The first kappa shape index (κ1) is 18.5. The Labute approximate surface area is 163 Å². The highest BCUT2D eigenvalue weighted by Crippen LogP contribution is 2.43. The summed E-state index contributed by atoms with van der Waals surface area (Å²) in [6, 6.07) is 0. The fraction of sp³-hybridized carbons (Fsp3) is 0.684. The molecule has 1 atom stereocenters. The van der Waals surface area contributed by atoms with Gasteiger partial charge in [0, 0.05) is 17.1 Å². The average Bonchev–Trinajstić information content (AvgIpc) is 3.03. The minimum Gasteiger partial charge on any atom is -0.369 e. The van der Waals surface area contributed by atoms with Gasteiger partial charge in [-0.2, -0.15) is 0 Å². The summed E-state index contributed by atoms with van der Waals surface area (Å²) in [5, 5.41) is 4.63. The number of hydrogen-bond donors (Lipinski definition) is 1. The zero-order chi connectivity index (χ0) is 18.1. The molecule has 4 heterocycles. The first-order valence-electron chi connectivity index (χ1n) is 9.79. The van der Waals surface area contributed by atoms with Gasteiger partial charge in [-0.1, -0.05) is 25.6 Å². The van der Waals surface area contributed by atoms with Crippen molar-refractivity contribution in [1.82, 2.24) is 9.97 Å². The van der Waals surface area contributed by atoms with Gasteiger partial charge in [-0.25, -0.2) is 9.97 Å². The Morgan fingerprint density at radius 2 is 2.08 bits per heavy atom. The van der Waals surface area contributed by atoms with E-state index in [0.29, 0.717) is 6.61 Å². The summed E-state index contributed by atoms with van der Waals surface area (Å²) < 4.78 is 6.19. The molecule has 142 valence electrons. The third-order valence-corrected chi connectivity index (χ3v) is 7.64. The van der Waals surface area contributed by atoms with Crippen LogP contribution in [0, 0.1) is 0 Å². The molecule has 0 aromatic carbocycles. The molecule has 0 aliphatic carbocycles. The van der Waals surface area contributed by atoms with Crippen molar-refractivity contribution in [3.8, 4) is 0 Å². The van der Waals surface area contributed by atoms with E-state index in [1.807, 2.05) is 11.3 Å². The van der Waals surface area contributed by atoms with Crippen LogP contribution < -0.4 is 10.2 Å². The largest absolute Gasteiger partial charge is 0.369 e. The zero-order valence-corrected chi connectivity index (χ0v) is 17.6. The van der Waals surface area contributed by atoms with Crippen molar-refractivity contribution in [1.29, 1.82) is 0 Å². The Hall–Kier alpha value is -0.890. The molecule has 4 rings (SSSR count). The predicted molar refractivity (Wildman–Crippen MR) is 109 cm³/mol. The number of piperazine rings is 1. The summed E-state index contributed by atoms with van der Waals surface area (Å²) in [5.74, 6) is 2.24. The molecular formula is C19H29N4OS2+. The molecular weight excluding hydrogens is 364 g/mol. The Balaban J connectivity index is 1.83. The lowest BCUT2D eigenvalue weighted by molar-refractivity contribution is -0.655. The molecule has 0 radical (unpaired) electrons. The standard InChI is InChI=1S/C19H28N4OS2/c1-4-10-25-18-21-16(23-8-6-20-7-9-23)15-13-11-19(3,5-2)24-12-14(13)26-17(15)22-18/h20H,4-12H2,1-3H3/p+1/t19-/m0/s1. The molecule has 2 aliphatic heterocycles. The highest BCUT2D eigenvalue weighted by molar-refractivity contribution is 7.99. The van der Waals surface area contributed by atoms with Crippen LogP contribution in [0.1, 0.15) is 44.1 Å². The second-order valence-corrected chi connectivity index (χ2v) is 9.63. The van der Waals surface area contributed by atoms with E-state index >= 15 is 0 Å². The Morgan fingerprint density at radius 3 is 2.81 bits per heavy atom. The molecule has 2 aromatic heterocycles. The molecule has 7 heteroatoms. The number of thiophene rings is 1. The van der Waals surface area contributed by atoms with Gasteiger partial charge in [-0.15, -0.1) is 11.3 Å². The van der Waals surface area contributed by atoms with Gasteiger partial charge in [0.1, 0.15) is 10.6 Å². The number of hydrogen-bond acceptors (Lipinski definition) is 6. The maximum atomic E-state index is 6.19. The first-order chi connectivity index (χ1) is 12.6. The molecule has 0 unspecified atom stereocenters. The van der Waals surface area contributed by atoms with E-state index in [2.05, 4.69) is 31.0 Å². The fourth-order valence-electron chi connectivity index (χ4n) is 3.71. The lowest BCUT2D eigenvalue weighted by Gasteiger charge is -2.33. The minimum absolute atomic E-state index is 0.0659. The summed E-state index contributed by atoms with van der Waals surface area (Å²) in [5.41, 5.74) is 1.38. The molecule has 0 saturated carbocycles. The van der Waals surface area contributed by atoms with Crippen LogP contribution in [0.25, 0.3) is 10.2 Å². The quantitative estimate of drug-likeness (QED) is 0.625. The number of nitrogens with two attached hydrogens (primary N) is 1. The van der Waals surface area contributed by atoms with Gasteiger partial charge >= 0.3 is 0 Å². The normalized spacial score (nSPS) is 23.4. The van der Waals surface area contributed by atoms with Crippen molar-refractivity contribution in [3.05, 3.63) is 10.4 Å². The van der Waals surface area contributed by atoms with E-state index < -0.39 is 0 Å².